The van der Waals surface area contributed by atoms with Crippen molar-refractivity contribution in [3.63, 3.8) is 0 Å². The number of benzene rings is 3. The van der Waals surface area contributed by atoms with Crippen LogP contribution in [-0.2, 0) is 13.1 Å². The zero-order valence-electron chi connectivity index (χ0n) is 14.4. The second kappa shape index (κ2) is 6.93. The summed E-state index contributed by atoms with van der Waals surface area (Å²) in [5.41, 5.74) is 3.52. The first kappa shape index (κ1) is 16.3. The Morgan fingerprint density at radius 2 is 1.75 bits per heavy atom. The summed E-state index contributed by atoms with van der Waals surface area (Å²) in [6, 6.07) is 18.1. The van der Waals surface area contributed by atoms with E-state index in [0.717, 1.165) is 28.6 Å². The summed E-state index contributed by atoms with van der Waals surface area (Å²) in [6.07, 6.45) is 0. The number of rotatable bonds is 5. The van der Waals surface area contributed by atoms with Gasteiger partial charge in [0.15, 0.2) is 0 Å². The van der Waals surface area contributed by atoms with Crippen molar-refractivity contribution in [3.8, 4) is 11.5 Å². The van der Waals surface area contributed by atoms with E-state index in [1.54, 1.807) is 13.2 Å². The Bertz CT molecular complexity index is 858. The third-order valence-electron chi connectivity index (χ3n) is 4.45. The van der Waals surface area contributed by atoms with Gasteiger partial charge in [0.2, 0.25) is 0 Å². The third kappa shape index (κ3) is 3.36. The first-order chi connectivity index (χ1) is 11.6. The molecule has 0 saturated carbocycles. The van der Waals surface area contributed by atoms with Crippen molar-refractivity contribution in [2.75, 3.05) is 14.2 Å². The van der Waals surface area contributed by atoms with Crippen LogP contribution in [-0.4, -0.2) is 24.2 Å². The van der Waals surface area contributed by atoms with Crippen molar-refractivity contribution < 1.29 is 9.84 Å². The molecule has 1 N–H and O–H groups in total. The highest BCUT2D eigenvalue weighted by Crippen LogP contribution is 2.31. The number of aromatic hydroxyl groups is 1. The SMILES string of the molecule is COc1ccc2ccc(O)c(CN(C)Cc3ccccc3C)c2c1. The topological polar surface area (TPSA) is 32.7 Å². The normalized spacial score (nSPS) is 11.2. The van der Waals surface area contributed by atoms with Gasteiger partial charge in [-0.3, -0.25) is 4.90 Å². The molecule has 0 fully saturated rings. The van der Waals surface area contributed by atoms with Crippen LogP contribution >= 0.6 is 0 Å². The molecule has 0 aliphatic heterocycles. The smallest absolute Gasteiger partial charge is 0.120 e. The van der Waals surface area contributed by atoms with Crippen LogP contribution in [0.4, 0.5) is 0 Å². The molecule has 0 aliphatic carbocycles. The van der Waals surface area contributed by atoms with Gasteiger partial charge in [0, 0.05) is 18.7 Å². The van der Waals surface area contributed by atoms with E-state index in [9.17, 15) is 5.11 Å². The van der Waals surface area contributed by atoms with Gasteiger partial charge in [0.1, 0.15) is 11.5 Å². The van der Waals surface area contributed by atoms with Crippen LogP contribution in [0.3, 0.4) is 0 Å². The summed E-state index contributed by atoms with van der Waals surface area (Å²) in [4.78, 5) is 2.22. The van der Waals surface area contributed by atoms with Gasteiger partial charge in [-0.2, -0.15) is 0 Å². The number of phenols is 1. The molecule has 0 spiro atoms. The molecule has 0 bridgehead atoms. The van der Waals surface area contributed by atoms with E-state index in [0.29, 0.717) is 12.3 Å². The summed E-state index contributed by atoms with van der Waals surface area (Å²) < 4.78 is 5.34. The molecule has 0 saturated heterocycles. The number of phenolic OH excluding ortho intramolecular Hbond substituents is 1. The molecule has 0 unspecified atom stereocenters. The molecule has 0 amide bonds. The molecule has 0 atom stereocenters. The van der Waals surface area contributed by atoms with Crippen molar-refractivity contribution in [2.45, 2.75) is 20.0 Å². The Kier molecular flexibility index (Phi) is 4.72. The van der Waals surface area contributed by atoms with Crippen molar-refractivity contribution in [1.82, 2.24) is 4.90 Å². The molecule has 0 heterocycles. The molecule has 24 heavy (non-hydrogen) atoms. The predicted octanol–water partition coefficient (Wildman–Crippen LogP) is 4.49. The van der Waals surface area contributed by atoms with Gasteiger partial charge in [0.25, 0.3) is 0 Å². The van der Waals surface area contributed by atoms with Gasteiger partial charge in [0.05, 0.1) is 7.11 Å². The number of hydrogen-bond donors (Lipinski definition) is 1. The lowest BCUT2D eigenvalue weighted by Gasteiger charge is -2.20. The maximum absolute atomic E-state index is 10.4. The molecule has 124 valence electrons. The van der Waals surface area contributed by atoms with Gasteiger partial charge in [-0.15, -0.1) is 0 Å². The average Bonchev–Trinajstić information content (AvgIpc) is 2.59. The number of methoxy groups -OCH3 is 1. The molecule has 0 aliphatic rings. The molecule has 0 radical (unpaired) electrons. The van der Waals surface area contributed by atoms with Crippen LogP contribution in [0.1, 0.15) is 16.7 Å². The Morgan fingerprint density at radius 3 is 2.50 bits per heavy atom. The number of fused-ring (bicyclic) bond motifs is 1. The lowest BCUT2D eigenvalue weighted by molar-refractivity contribution is 0.313. The van der Waals surface area contributed by atoms with Crippen molar-refractivity contribution in [3.05, 3.63) is 71.3 Å². The van der Waals surface area contributed by atoms with Crippen LogP contribution in [0.15, 0.2) is 54.6 Å². The van der Waals surface area contributed by atoms with Gasteiger partial charge in [-0.1, -0.05) is 36.4 Å². The van der Waals surface area contributed by atoms with Gasteiger partial charge in [-0.05, 0) is 54.1 Å². The first-order valence-electron chi connectivity index (χ1n) is 8.10. The molecular weight excluding hydrogens is 298 g/mol. The van der Waals surface area contributed by atoms with Crippen LogP contribution in [0.2, 0.25) is 0 Å². The fourth-order valence-electron chi connectivity index (χ4n) is 3.05. The zero-order chi connectivity index (χ0) is 17.1. The quantitative estimate of drug-likeness (QED) is 0.751. The van der Waals surface area contributed by atoms with Crippen LogP contribution in [0, 0.1) is 6.92 Å². The maximum atomic E-state index is 10.4. The standard InChI is InChI=1S/C21H23NO2/c1-15-6-4-5-7-17(15)13-22(2)14-20-19-12-18(24-3)10-8-16(19)9-11-21(20)23/h4-12,23H,13-14H2,1-3H3. The maximum Gasteiger partial charge on any atom is 0.120 e. The molecule has 3 aromatic rings. The highest BCUT2D eigenvalue weighted by molar-refractivity contribution is 5.88. The fraction of sp³-hybridized carbons (Fsp3) is 0.238. The van der Waals surface area contributed by atoms with Crippen LogP contribution in [0.25, 0.3) is 10.8 Å². The lowest BCUT2D eigenvalue weighted by Crippen LogP contribution is -2.18. The Labute approximate surface area is 143 Å². The van der Waals surface area contributed by atoms with E-state index in [4.69, 9.17) is 4.74 Å². The minimum absolute atomic E-state index is 0.326. The second-order valence-electron chi connectivity index (χ2n) is 6.25. The Morgan fingerprint density at radius 1 is 1.00 bits per heavy atom. The van der Waals surface area contributed by atoms with Crippen LogP contribution in [0.5, 0.6) is 11.5 Å². The van der Waals surface area contributed by atoms with Gasteiger partial charge in [-0.25, -0.2) is 0 Å². The zero-order valence-corrected chi connectivity index (χ0v) is 14.4. The van der Waals surface area contributed by atoms with Gasteiger partial charge >= 0.3 is 0 Å². The van der Waals surface area contributed by atoms with E-state index in [2.05, 4.69) is 43.1 Å². The number of nitrogens with zero attached hydrogens (tertiary/aromatic N) is 1. The largest absolute Gasteiger partial charge is 0.508 e. The highest BCUT2D eigenvalue weighted by Gasteiger charge is 2.12. The van der Waals surface area contributed by atoms with E-state index >= 15 is 0 Å². The second-order valence-corrected chi connectivity index (χ2v) is 6.25. The summed E-state index contributed by atoms with van der Waals surface area (Å²) in [5.74, 6) is 1.13. The summed E-state index contributed by atoms with van der Waals surface area (Å²) in [6.45, 7) is 3.64. The number of hydrogen-bond acceptors (Lipinski definition) is 3. The number of aryl methyl sites for hydroxylation is 1. The molecule has 3 nitrogen and oxygen atoms in total. The van der Waals surface area contributed by atoms with Gasteiger partial charge < -0.3 is 9.84 Å². The lowest BCUT2D eigenvalue weighted by atomic mass is 10.0. The van der Waals surface area contributed by atoms with E-state index < -0.39 is 0 Å². The highest BCUT2D eigenvalue weighted by atomic mass is 16.5. The minimum atomic E-state index is 0.326. The molecule has 3 rings (SSSR count). The molecule has 0 aromatic heterocycles. The first-order valence-corrected chi connectivity index (χ1v) is 8.10. The number of ether oxygens (including phenoxy) is 1. The summed E-state index contributed by atoms with van der Waals surface area (Å²) in [7, 11) is 3.73. The molecule has 3 heteroatoms. The molecule has 3 aromatic carbocycles. The Balaban J connectivity index is 1.91. The van der Waals surface area contributed by atoms with Crippen molar-refractivity contribution in [2.24, 2.45) is 0 Å². The Hall–Kier alpha value is -2.52. The van der Waals surface area contributed by atoms with Crippen molar-refractivity contribution in [1.29, 1.82) is 0 Å². The average molecular weight is 321 g/mol. The third-order valence-corrected chi connectivity index (χ3v) is 4.45. The summed E-state index contributed by atoms with van der Waals surface area (Å²) in [5, 5.41) is 12.5. The monoisotopic (exact) mass is 321 g/mol. The fourth-order valence-corrected chi connectivity index (χ4v) is 3.05. The molecular formula is C21H23NO2. The summed E-state index contributed by atoms with van der Waals surface area (Å²) >= 11 is 0. The van der Waals surface area contributed by atoms with Crippen molar-refractivity contribution >= 4 is 10.8 Å². The predicted molar refractivity (Wildman–Crippen MR) is 98.5 cm³/mol. The minimum Gasteiger partial charge on any atom is -0.508 e. The van der Waals surface area contributed by atoms with E-state index in [-0.39, 0.29) is 0 Å². The van der Waals surface area contributed by atoms with E-state index in [1.165, 1.54) is 11.1 Å². The van der Waals surface area contributed by atoms with E-state index in [1.807, 2.05) is 24.3 Å². The van der Waals surface area contributed by atoms with Crippen LogP contribution < -0.4 is 4.74 Å².